The molecule has 4 amide bonds. The molecule has 4 aromatic rings. The van der Waals surface area contributed by atoms with E-state index in [0.29, 0.717) is 0 Å². The number of rotatable bonds is 4. The lowest BCUT2D eigenvalue weighted by Gasteiger charge is -2.31. The van der Waals surface area contributed by atoms with Crippen molar-refractivity contribution in [2.75, 3.05) is 9.80 Å². The lowest BCUT2D eigenvalue weighted by Crippen LogP contribution is -2.43. The van der Waals surface area contributed by atoms with Crippen molar-refractivity contribution in [3.63, 3.8) is 0 Å². The van der Waals surface area contributed by atoms with E-state index in [1.54, 1.807) is 0 Å². The van der Waals surface area contributed by atoms with Gasteiger partial charge >= 0.3 is 0 Å². The summed E-state index contributed by atoms with van der Waals surface area (Å²) in [6, 6.07) is 15.5. The molecule has 0 saturated carbocycles. The Balaban J connectivity index is 1.52. The second kappa shape index (κ2) is 7.86. The molecule has 0 saturated heterocycles. The van der Waals surface area contributed by atoms with E-state index in [-0.39, 0.29) is 55.8 Å². The van der Waals surface area contributed by atoms with Crippen LogP contribution in [0.1, 0.15) is 41.4 Å². The van der Waals surface area contributed by atoms with Gasteiger partial charge < -0.3 is 0 Å². The molecule has 2 aliphatic heterocycles. The molecule has 0 radical (unpaired) electrons. The maximum atomic E-state index is 13.5. The summed E-state index contributed by atoms with van der Waals surface area (Å²) >= 11 is 0. The smallest absolute Gasteiger partial charge is 0.268 e. The third-order valence-corrected chi connectivity index (χ3v) is 6.49. The second-order valence-electron chi connectivity index (χ2n) is 8.52. The van der Waals surface area contributed by atoms with Gasteiger partial charge in [-0.15, -0.1) is 0 Å². The summed E-state index contributed by atoms with van der Waals surface area (Å²) in [6.07, 6.45) is 0. The summed E-state index contributed by atoms with van der Waals surface area (Å²) in [5, 5.41) is 22.7. The van der Waals surface area contributed by atoms with E-state index >= 15 is 0 Å². The molecule has 0 aliphatic carbocycles. The third-order valence-electron chi connectivity index (χ3n) is 6.49. The number of amides is 4. The highest BCUT2D eigenvalue weighted by atomic mass is 16.6. The van der Waals surface area contributed by atoms with Gasteiger partial charge in [0.05, 0.1) is 21.2 Å². The van der Waals surface area contributed by atoms with Crippen LogP contribution >= 0.6 is 0 Å². The molecule has 0 spiro atoms. The molecule has 0 unspecified atom stereocenters. The number of imide groups is 2. The van der Waals surface area contributed by atoms with Crippen LogP contribution in [0, 0.1) is 20.2 Å². The van der Waals surface area contributed by atoms with Crippen molar-refractivity contribution < 1.29 is 29.0 Å². The summed E-state index contributed by atoms with van der Waals surface area (Å²) in [5.41, 5.74) is -0.470. The number of nitrogens with zero attached hydrogens (tertiary/aromatic N) is 4. The lowest BCUT2D eigenvalue weighted by atomic mass is 9.85. The number of hydrogen-bond acceptors (Lipinski definition) is 8. The Labute approximate surface area is 211 Å². The number of hydrogen-bond donors (Lipinski definition) is 0. The summed E-state index contributed by atoms with van der Waals surface area (Å²) in [6.45, 7) is 0. The quantitative estimate of drug-likeness (QED) is 0.224. The first-order chi connectivity index (χ1) is 18.2. The molecule has 0 atom stereocenters. The van der Waals surface area contributed by atoms with Crippen molar-refractivity contribution in [1.29, 1.82) is 0 Å². The minimum absolute atomic E-state index is 0.00255. The second-order valence-corrected chi connectivity index (χ2v) is 8.52. The Hall–Kier alpha value is -5.78. The zero-order valence-corrected chi connectivity index (χ0v) is 19.0. The summed E-state index contributed by atoms with van der Waals surface area (Å²) < 4.78 is 0. The fourth-order valence-electron chi connectivity index (χ4n) is 4.84. The molecule has 2 heterocycles. The van der Waals surface area contributed by atoms with Crippen LogP contribution in [-0.2, 0) is 0 Å². The van der Waals surface area contributed by atoms with Crippen LogP contribution in [0.2, 0.25) is 0 Å². The van der Waals surface area contributed by atoms with Crippen molar-refractivity contribution in [3.05, 3.63) is 115 Å². The van der Waals surface area contributed by atoms with Gasteiger partial charge in [0.25, 0.3) is 35.0 Å². The number of nitro groups is 2. The van der Waals surface area contributed by atoms with E-state index in [0.717, 1.165) is 21.9 Å². The SMILES string of the molecule is O=C1c2ccc3c4c(ccc(c24)C(=O)N1c1cccc([N+](=O)[O-])c1)C(=O)N(c1cccc([N+](=O)[O-])c1)C3=O. The van der Waals surface area contributed by atoms with Gasteiger partial charge in [-0.05, 0) is 36.4 Å². The molecule has 0 aromatic heterocycles. The number of carbonyl (C=O) groups excluding carboxylic acids is 4. The molecule has 0 fully saturated rings. The van der Waals surface area contributed by atoms with Gasteiger partial charge in [0.1, 0.15) is 0 Å². The minimum atomic E-state index is -0.771. The van der Waals surface area contributed by atoms with Crippen LogP contribution in [0.25, 0.3) is 10.8 Å². The normalized spacial score (nSPS) is 14.3. The molecule has 4 aromatic carbocycles. The third kappa shape index (κ3) is 3.03. The lowest BCUT2D eigenvalue weighted by molar-refractivity contribution is -0.385. The van der Waals surface area contributed by atoms with E-state index in [4.69, 9.17) is 0 Å². The Morgan fingerprint density at radius 1 is 0.500 bits per heavy atom. The first kappa shape index (κ1) is 22.7. The van der Waals surface area contributed by atoms with Crippen LogP contribution in [0.15, 0.2) is 72.8 Å². The highest BCUT2D eigenvalue weighted by Gasteiger charge is 2.41. The van der Waals surface area contributed by atoms with Crippen molar-refractivity contribution in [3.8, 4) is 0 Å². The van der Waals surface area contributed by atoms with E-state index in [2.05, 4.69) is 0 Å². The molecule has 38 heavy (non-hydrogen) atoms. The van der Waals surface area contributed by atoms with Gasteiger partial charge in [0.2, 0.25) is 0 Å². The first-order valence-electron chi connectivity index (χ1n) is 11.0. The molecular weight excluding hydrogens is 496 g/mol. The van der Waals surface area contributed by atoms with E-state index in [1.807, 2.05) is 0 Å². The molecule has 0 bridgehead atoms. The number of benzene rings is 4. The Morgan fingerprint density at radius 2 is 0.816 bits per heavy atom. The van der Waals surface area contributed by atoms with Gasteiger partial charge in [-0.1, -0.05) is 12.1 Å². The Bertz CT molecular complexity index is 1630. The largest absolute Gasteiger partial charge is 0.271 e. The van der Waals surface area contributed by atoms with Crippen LogP contribution in [0.5, 0.6) is 0 Å². The van der Waals surface area contributed by atoms with Gasteiger partial charge in [0.15, 0.2) is 0 Å². The van der Waals surface area contributed by atoms with Crippen molar-refractivity contribution in [2.45, 2.75) is 0 Å². The van der Waals surface area contributed by atoms with Crippen LogP contribution < -0.4 is 9.80 Å². The van der Waals surface area contributed by atoms with Gasteiger partial charge in [-0.25, -0.2) is 9.80 Å². The van der Waals surface area contributed by atoms with Crippen molar-refractivity contribution in [1.82, 2.24) is 0 Å². The monoisotopic (exact) mass is 508 g/mol. The van der Waals surface area contributed by atoms with E-state index in [1.165, 1.54) is 60.7 Å². The van der Waals surface area contributed by atoms with Crippen LogP contribution in [0.4, 0.5) is 22.7 Å². The maximum Gasteiger partial charge on any atom is 0.271 e. The summed E-state index contributed by atoms with van der Waals surface area (Å²) in [4.78, 5) is 76.6. The van der Waals surface area contributed by atoms with E-state index < -0.39 is 33.5 Å². The highest BCUT2D eigenvalue weighted by molar-refractivity contribution is 6.42. The summed E-state index contributed by atoms with van der Waals surface area (Å²) in [5.74, 6) is -3.08. The molecular formula is C26H12N4O8. The standard InChI is InChI=1S/C26H12N4O8/c31-23-17-7-9-19-22-20(26(34)28(25(19)33)14-4-2-6-16(12-14)30(37)38)10-8-18(21(17)22)24(32)27(23)13-3-1-5-15(11-13)29(35)36/h1-12H. The minimum Gasteiger partial charge on any atom is -0.268 e. The predicted molar refractivity (Wildman–Crippen MR) is 132 cm³/mol. The Kier molecular flexibility index (Phi) is 4.69. The first-order valence-corrected chi connectivity index (χ1v) is 11.0. The molecule has 0 N–H and O–H groups in total. The number of anilines is 2. The van der Waals surface area contributed by atoms with Gasteiger partial charge in [-0.3, -0.25) is 39.4 Å². The highest BCUT2D eigenvalue weighted by Crippen LogP contribution is 2.40. The van der Waals surface area contributed by atoms with Crippen LogP contribution in [0.3, 0.4) is 0 Å². The topological polar surface area (TPSA) is 161 Å². The zero-order valence-electron chi connectivity index (χ0n) is 19.0. The van der Waals surface area contributed by atoms with Crippen LogP contribution in [-0.4, -0.2) is 33.5 Å². The molecule has 6 rings (SSSR count). The molecule has 12 heteroatoms. The average molecular weight is 508 g/mol. The summed E-state index contributed by atoms with van der Waals surface area (Å²) in [7, 11) is 0. The molecule has 12 nitrogen and oxygen atoms in total. The zero-order chi connectivity index (χ0) is 26.9. The molecule has 2 aliphatic rings. The van der Waals surface area contributed by atoms with Gasteiger partial charge in [0, 0.05) is 57.3 Å². The number of carbonyl (C=O) groups is 4. The fraction of sp³-hybridized carbons (Fsp3) is 0. The predicted octanol–water partition coefficient (Wildman–Crippen LogP) is 4.26. The number of non-ortho nitro benzene ring substituents is 2. The van der Waals surface area contributed by atoms with Crippen molar-refractivity contribution in [2.24, 2.45) is 0 Å². The Morgan fingerprint density at radius 3 is 1.11 bits per heavy atom. The average Bonchev–Trinajstić information content (AvgIpc) is 2.91. The molecule has 184 valence electrons. The van der Waals surface area contributed by atoms with Crippen molar-refractivity contribution >= 4 is 57.2 Å². The fourth-order valence-corrected chi connectivity index (χ4v) is 4.84. The van der Waals surface area contributed by atoms with E-state index in [9.17, 15) is 39.4 Å². The van der Waals surface area contributed by atoms with Gasteiger partial charge in [-0.2, -0.15) is 0 Å². The number of nitro benzene ring substituents is 2. The maximum absolute atomic E-state index is 13.5.